The van der Waals surface area contributed by atoms with E-state index in [0.717, 1.165) is 32.1 Å². The largest absolute Gasteiger partial charge is 0.359 e. The summed E-state index contributed by atoms with van der Waals surface area (Å²) in [6.45, 7) is 2.17. The summed E-state index contributed by atoms with van der Waals surface area (Å²) in [6, 6.07) is 6.93. The van der Waals surface area contributed by atoms with Crippen molar-refractivity contribution in [1.29, 1.82) is 0 Å². The number of rotatable bonds is 2. The number of fused-ring (bicyclic) bond motifs is 5. The predicted octanol–water partition coefficient (Wildman–Crippen LogP) is 3.61. The first-order valence-electron chi connectivity index (χ1n) is 8.50. The summed E-state index contributed by atoms with van der Waals surface area (Å²) in [5.74, 6) is 1.73. The molecule has 1 aromatic rings. The molecule has 0 spiro atoms. The number of nitrogens with zero attached hydrogens (tertiary/aromatic N) is 1. The van der Waals surface area contributed by atoms with Crippen LogP contribution in [-0.2, 0) is 11.3 Å². The summed E-state index contributed by atoms with van der Waals surface area (Å²) in [5.41, 5.74) is 10.8. The summed E-state index contributed by atoms with van der Waals surface area (Å²) in [4.78, 5) is 15.6. The molecule has 5 unspecified atom stereocenters. The lowest BCUT2D eigenvalue weighted by Gasteiger charge is -2.49. The maximum Gasteiger partial charge on any atom is 0.155 e. The highest BCUT2D eigenvalue weighted by Crippen LogP contribution is 2.56. The Morgan fingerprint density at radius 2 is 2.14 bits per heavy atom. The highest BCUT2D eigenvalue weighted by molar-refractivity contribution is 5.38. The average molecular weight is 300 g/mol. The molecule has 0 aromatic heterocycles. The van der Waals surface area contributed by atoms with Gasteiger partial charge in [0.15, 0.2) is 5.34 Å². The molecule has 3 aliphatic carbocycles. The van der Waals surface area contributed by atoms with Crippen molar-refractivity contribution in [3.8, 4) is 0 Å². The molecule has 2 saturated carbocycles. The Hall–Kier alpha value is -1.42. The van der Waals surface area contributed by atoms with Crippen LogP contribution in [0.4, 0.5) is 0 Å². The van der Waals surface area contributed by atoms with Crippen molar-refractivity contribution in [2.75, 3.05) is 0 Å². The molecule has 4 rings (SSSR count). The minimum Gasteiger partial charge on any atom is -0.359 e. The van der Waals surface area contributed by atoms with E-state index >= 15 is 0 Å². The van der Waals surface area contributed by atoms with Crippen LogP contribution in [-0.4, -0.2) is 11.6 Å². The third-order valence-electron chi connectivity index (χ3n) is 6.57. The van der Waals surface area contributed by atoms with Gasteiger partial charge in [0.1, 0.15) is 6.10 Å². The number of aryl methyl sites for hydroxylation is 2. The minimum atomic E-state index is -0.350. The van der Waals surface area contributed by atoms with E-state index in [1.54, 1.807) is 5.56 Å². The van der Waals surface area contributed by atoms with E-state index in [1.165, 1.54) is 17.5 Å². The van der Waals surface area contributed by atoms with Gasteiger partial charge in [-0.05, 0) is 74.3 Å². The lowest BCUT2D eigenvalue weighted by Crippen LogP contribution is -2.58. The van der Waals surface area contributed by atoms with Crippen molar-refractivity contribution in [3.05, 3.63) is 39.8 Å². The maximum atomic E-state index is 10.5. The molecule has 5 atom stereocenters. The fraction of sp³-hybridized carbons (Fsp3) is 0.667. The summed E-state index contributed by atoms with van der Waals surface area (Å²) in [5, 5.41) is 2.67. The molecule has 2 N–H and O–H groups in total. The van der Waals surface area contributed by atoms with Crippen molar-refractivity contribution >= 4 is 0 Å². The van der Waals surface area contributed by atoms with Crippen LogP contribution in [0.1, 0.15) is 54.7 Å². The second-order valence-corrected chi connectivity index (χ2v) is 7.51. The Balaban J connectivity index is 1.66. The quantitative estimate of drug-likeness (QED) is 0.670. The molecule has 22 heavy (non-hydrogen) atoms. The van der Waals surface area contributed by atoms with Gasteiger partial charge < -0.3 is 10.6 Å². The minimum absolute atomic E-state index is 0.185. The zero-order chi connectivity index (χ0) is 15.3. The first kappa shape index (κ1) is 14.2. The lowest BCUT2D eigenvalue weighted by molar-refractivity contribution is -0.0227. The third-order valence-corrected chi connectivity index (χ3v) is 6.57. The molecule has 3 aliphatic rings. The molecular weight excluding hydrogens is 276 g/mol. The Labute approximate surface area is 131 Å². The van der Waals surface area contributed by atoms with Gasteiger partial charge in [-0.3, -0.25) is 0 Å². The van der Waals surface area contributed by atoms with E-state index in [0.29, 0.717) is 17.8 Å². The summed E-state index contributed by atoms with van der Waals surface area (Å²) < 4.78 is 0. The predicted molar refractivity (Wildman–Crippen MR) is 85.3 cm³/mol. The Morgan fingerprint density at radius 3 is 2.95 bits per heavy atom. The van der Waals surface area contributed by atoms with Gasteiger partial charge in [-0.25, -0.2) is 0 Å². The van der Waals surface area contributed by atoms with Gasteiger partial charge in [0.05, 0.1) is 5.54 Å². The van der Waals surface area contributed by atoms with Gasteiger partial charge in [-0.1, -0.05) is 23.8 Å². The average Bonchev–Trinajstić information content (AvgIpc) is 2.84. The maximum absolute atomic E-state index is 10.5. The van der Waals surface area contributed by atoms with Gasteiger partial charge >= 0.3 is 0 Å². The topological polar surface area (TPSA) is 64.7 Å². The number of benzene rings is 1. The zero-order valence-corrected chi connectivity index (χ0v) is 13.1. The van der Waals surface area contributed by atoms with Gasteiger partial charge in [0.25, 0.3) is 0 Å². The summed E-state index contributed by atoms with van der Waals surface area (Å²) in [6.07, 6.45) is 6.17. The number of hydrogen-bond donors (Lipinski definition) is 1. The smallest absolute Gasteiger partial charge is 0.155 e. The van der Waals surface area contributed by atoms with Crippen LogP contribution >= 0.6 is 0 Å². The van der Waals surface area contributed by atoms with E-state index in [-0.39, 0.29) is 11.6 Å². The fourth-order valence-corrected chi connectivity index (χ4v) is 5.59. The Bertz CT molecular complexity index is 603. The fourth-order valence-electron chi connectivity index (χ4n) is 5.59. The van der Waals surface area contributed by atoms with Gasteiger partial charge in [0.2, 0.25) is 0 Å². The van der Waals surface area contributed by atoms with Crippen molar-refractivity contribution in [2.24, 2.45) is 22.9 Å². The Morgan fingerprint density at radius 1 is 1.27 bits per heavy atom. The van der Waals surface area contributed by atoms with Crippen LogP contribution in [0.2, 0.25) is 0 Å². The van der Waals surface area contributed by atoms with Gasteiger partial charge in [-0.2, -0.15) is 0 Å². The Kier molecular flexibility index (Phi) is 3.26. The van der Waals surface area contributed by atoms with Crippen LogP contribution in [0.15, 0.2) is 23.5 Å². The normalized spacial score (nSPS) is 39.5. The van der Waals surface area contributed by atoms with Crippen LogP contribution in [0.5, 0.6) is 0 Å². The van der Waals surface area contributed by atoms with Crippen molar-refractivity contribution in [2.45, 2.75) is 63.0 Å². The monoisotopic (exact) mass is 300 g/mol. The molecule has 118 valence electrons. The molecule has 0 aliphatic heterocycles. The summed E-state index contributed by atoms with van der Waals surface area (Å²) >= 11 is 0. The zero-order valence-electron chi connectivity index (χ0n) is 13.1. The molecule has 2 fully saturated rings. The van der Waals surface area contributed by atoms with Gasteiger partial charge in [-0.15, -0.1) is 4.91 Å². The van der Waals surface area contributed by atoms with Crippen molar-refractivity contribution < 1.29 is 4.84 Å². The first-order chi connectivity index (χ1) is 10.6. The molecule has 0 bridgehead atoms. The van der Waals surface area contributed by atoms with Crippen molar-refractivity contribution in [3.63, 3.8) is 0 Å². The van der Waals surface area contributed by atoms with E-state index in [4.69, 9.17) is 10.6 Å². The SMILES string of the molecule is Cc1ccc2c(c1)CCC1C2CCC2(N)C(ON=O)CCC12. The molecule has 4 nitrogen and oxygen atoms in total. The van der Waals surface area contributed by atoms with E-state index in [2.05, 4.69) is 30.5 Å². The molecule has 4 heteroatoms. The standard InChI is InChI=1S/C18H24N2O2/c1-11-2-4-13-12(10-11)3-5-15-14(13)8-9-18(19)16(15)6-7-17(18)22-20-21/h2,4,10,14-17H,3,5-9,19H2,1H3. The third kappa shape index (κ3) is 1.93. The lowest BCUT2D eigenvalue weighted by atomic mass is 9.58. The molecule has 0 amide bonds. The van der Waals surface area contributed by atoms with E-state index < -0.39 is 0 Å². The highest BCUT2D eigenvalue weighted by Gasteiger charge is 2.57. The molecular formula is C18H24N2O2. The van der Waals surface area contributed by atoms with Crippen LogP contribution < -0.4 is 5.73 Å². The highest BCUT2D eigenvalue weighted by atomic mass is 16.7. The van der Waals surface area contributed by atoms with E-state index in [9.17, 15) is 4.91 Å². The van der Waals surface area contributed by atoms with Crippen LogP contribution in [0.3, 0.4) is 0 Å². The van der Waals surface area contributed by atoms with Crippen LogP contribution in [0.25, 0.3) is 0 Å². The van der Waals surface area contributed by atoms with Crippen LogP contribution in [0, 0.1) is 23.7 Å². The molecule has 1 aromatic carbocycles. The number of hydrogen-bond acceptors (Lipinski definition) is 4. The molecule has 0 saturated heterocycles. The van der Waals surface area contributed by atoms with Gasteiger partial charge in [0, 0.05) is 0 Å². The van der Waals surface area contributed by atoms with E-state index in [1.807, 2.05) is 0 Å². The number of nitrogens with two attached hydrogens (primary N) is 1. The second kappa shape index (κ2) is 5.05. The summed E-state index contributed by atoms with van der Waals surface area (Å²) in [7, 11) is 0. The molecule has 0 radical (unpaired) electrons. The molecule has 0 heterocycles. The van der Waals surface area contributed by atoms with Crippen molar-refractivity contribution in [1.82, 2.24) is 0 Å². The second-order valence-electron chi connectivity index (χ2n) is 7.51. The first-order valence-corrected chi connectivity index (χ1v) is 8.50.